The van der Waals surface area contributed by atoms with Crippen LogP contribution in [0.2, 0.25) is 0 Å². The molecule has 150 valence electrons. The molecule has 28 heavy (non-hydrogen) atoms. The number of hydrogen-bond acceptors (Lipinski definition) is 7. The molecule has 2 aromatic heterocycles. The number of fused-ring (bicyclic) bond motifs is 3. The van der Waals surface area contributed by atoms with Crippen LogP contribution in [0.1, 0.15) is 43.1 Å². The van der Waals surface area contributed by atoms with Crippen molar-refractivity contribution < 1.29 is 8.42 Å². The van der Waals surface area contributed by atoms with Gasteiger partial charge in [-0.1, -0.05) is 19.9 Å². The normalized spacial score (nSPS) is 23.4. The van der Waals surface area contributed by atoms with Crippen LogP contribution < -0.4 is 5.32 Å². The molecule has 1 fully saturated rings. The average Bonchev–Trinajstić information content (AvgIpc) is 3.11. The molecule has 8 heteroatoms. The van der Waals surface area contributed by atoms with Gasteiger partial charge in [-0.3, -0.25) is 4.98 Å². The third kappa shape index (κ3) is 4.03. The number of anilines is 1. The molecule has 1 N–H and O–H groups in total. The van der Waals surface area contributed by atoms with Crippen molar-refractivity contribution in [2.45, 2.75) is 43.7 Å². The summed E-state index contributed by atoms with van der Waals surface area (Å²) in [5, 5.41) is 2.86. The Bertz CT molecular complexity index is 933. The molecule has 0 aliphatic carbocycles. The minimum Gasteiger partial charge on any atom is -0.349 e. The Kier molecular flexibility index (Phi) is 5.33. The quantitative estimate of drug-likeness (QED) is 0.794. The Hall–Kier alpha value is -2.06. The first-order valence-corrected chi connectivity index (χ1v) is 11.6. The standard InChI is InChI=1S/C20H27N5O2S/c1-14(2)6-8-25-11-17-18(12-25)28(26,27)13-15-9-22-20(24-19(15)17)23-10-16-5-3-4-7-21-16/h3-5,7,9,14,17-18H,6,8,10-13H2,1-2H3,(H,22,23,24)/t17-,18+/m0/s1. The van der Waals surface area contributed by atoms with Crippen LogP contribution in [0.25, 0.3) is 0 Å². The number of aromatic nitrogens is 3. The first kappa shape index (κ1) is 19.3. The van der Waals surface area contributed by atoms with Gasteiger partial charge in [-0.05, 0) is 31.0 Å². The second-order valence-electron chi connectivity index (χ2n) is 8.17. The van der Waals surface area contributed by atoms with Crippen molar-refractivity contribution in [3.63, 3.8) is 0 Å². The lowest BCUT2D eigenvalue weighted by Gasteiger charge is -2.26. The maximum atomic E-state index is 12.8. The fourth-order valence-corrected chi connectivity index (χ4v) is 6.06. The van der Waals surface area contributed by atoms with Crippen LogP contribution in [0, 0.1) is 5.92 Å². The number of hydrogen-bond donors (Lipinski definition) is 1. The highest BCUT2D eigenvalue weighted by Gasteiger charge is 2.47. The van der Waals surface area contributed by atoms with Gasteiger partial charge in [0.1, 0.15) is 0 Å². The zero-order chi connectivity index (χ0) is 19.7. The van der Waals surface area contributed by atoms with E-state index in [9.17, 15) is 8.42 Å². The summed E-state index contributed by atoms with van der Waals surface area (Å²) in [6, 6.07) is 5.76. The Morgan fingerprint density at radius 1 is 1.25 bits per heavy atom. The van der Waals surface area contributed by atoms with Crippen molar-refractivity contribution in [1.82, 2.24) is 19.9 Å². The summed E-state index contributed by atoms with van der Waals surface area (Å²) in [7, 11) is -3.17. The van der Waals surface area contributed by atoms with E-state index in [2.05, 4.69) is 34.0 Å². The van der Waals surface area contributed by atoms with E-state index in [1.54, 1.807) is 12.4 Å². The van der Waals surface area contributed by atoms with Crippen molar-refractivity contribution in [1.29, 1.82) is 0 Å². The third-order valence-electron chi connectivity index (χ3n) is 5.59. The highest BCUT2D eigenvalue weighted by atomic mass is 32.2. The molecule has 0 spiro atoms. The van der Waals surface area contributed by atoms with Gasteiger partial charge >= 0.3 is 0 Å². The van der Waals surface area contributed by atoms with Gasteiger partial charge in [0.15, 0.2) is 9.84 Å². The number of nitrogens with one attached hydrogen (secondary N) is 1. The number of pyridine rings is 1. The molecular weight excluding hydrogens is 374 g/mol. The molecule has 7 nitrogen and oxygen atoms in total. The molecule has 2 aliphatic rings. The van der Waals surface area contributed by atoms with E-state index in [4.69, 9.17) is 4.98 Å². The van der Waals surface area contributed by atoms with Crippen LogP contribution in [-0.2, 0) is 22.1 Å². The van der Waals surface area contributed by atoms with E-state index >= 15 is 0 Å². The molecule has 2 aromatic rings. The Balaban J connectivity index is 1.54. The molecule has 0 unspecified atom stereocenters. The monoisotopic (exact) mass is 401 g/mol. The fraction of sp³-hybridized carbons (Fsp3) is 0.550. The maximum absolute atomic E-state index is 12.8. The van der Waals surface area contributed by atoms with Gasteiger partial charge in [-0.25, -0.2) is 18.4 Å². The van der Waals surface area contributed by atoms with Crippen LogP contribution in [0.15, 0.2) is 30.6 Å². The number of rotatable bonds is 6. The van der Waals surface area contributed by atoms with E-state index in [0.29, 0.717) is 25.0 Å². The summed E-state index contributed by atoms with van der Waals surface area (Å²) >= 11 is 0. The first-order chi connectivity index (χ1) is 13.4. The predicted molar refractivity (Wildman–Crippen MR) is 109 cm³/mol. The number of sulfone groups is 1. The van der Waals surface area contributed by atoms with Gasteiger partial charge in [0.05, 0.1) is 28.9 Å². The molecule has 2 aliphatic heterocycles. The predicted octanol–water partition coefficient (Wildman–Crippen LogP) is 2.23. The summed E-state index contributed by atoms with van der Waals surface area (Å²) in [5.41, 5.74) is 2.55. The third-order valence-corrected chi connectivity index (χ3v) is 7.70. The van der Waals surface area contributed by atoms with Crippen LogP contribution in [-0.4, -0.2) is 53.2 Å². The van der Waals surface area contributed by atoms with E-state index in [-0.39, 0.29) is 16.9 Å². The van der Waals surface area contributed by atoms with E-state index < -0.39 is 9.84 Å². The number of likely N-dealkylation sites (tertiary alicyclic amines) is 1. The van der Waals surface area contributed by atoms with Crippen molar-refractivity contribution in [3.05, 3.63) is 47.5 Å². The van der Waals surface area contributed by atoms with Gasteiger partial charge in [0.2, 0.25) is 5.95 Å². The summed E-state index contributed by atoms with van der Waals surface area (Å²) in [6.07, 6.45) is 4.51. The zero-order valence-electron chi connectivity index (χ0n) is 16.4. The molecular formula is C20H27N5O2S. The van der Waals surface area contributed by atoms with Crippen LogP contribution in [0.5, 0.6) is 0 Å². The van der Waals surface area contributed by atoms with Crippen molar-refractivity contribution >= 4 is 15.8 Å². The minimum absolute atomic E-state index is 0.0437. The molecule has 4 rings (SSSR count). The molecule has 0 saturated carbocycles. The van der Waals surface area contributed by atoms with E-state index in [1.807, 2.05) is 18.2 Å². The lowest BCUT2D eigenvalue weighted by Crippen LogP contribution is -2.35. The summed E-state index contributed by atoms with van der Waals surface area (Å²) in [5.74, 6) is 1.11. The van der Waals surface area contributed by atoms with Crippen molar-refractivity contribution in [3.8, 4) is 0 Å². The van der Waals surface area contributed by atoms with Crippen LogP contribution >= 0.6 is 0 Å². The molecule has 4 heterocycles. The fourth-order valence-electron chi connectivity index (χ4n) is 4.04. The van der Waals surface area contributed by atoms with Crippen LogP contribution in [0.4, 0.5) is 5.95 Å². The summed E-state index contributed by atoms with van der Waals surface area (Å²) in [4.78, 5) is 15.6. The lowest BCUT2D eigenvalue weighted by molar-refractivity contribution is 0.310. The average molecular weight is 402 g/mol. The second kappa shape index (κ2) is 7.75. The van der Waals surface area contributed by atoms with Gasteiger partial charge in [0, 0.05) is 37.0 Å². The molecule has 1 saturated heterocycles. The SMILES string of the molecule is CC(C)CCN1C[C@@H]2c3nc(NCc4ccccn4)ncc3CS(=O)(=O)[C@@H]2C1. The molecule has 0 radical (unpaired) electrons. The van der Waals surface area contributed by atoms with Gasteiger partial charge in [-0.2, -0.15) is 0 Å². The largest absolute Gasteiger partial charge is 0.349 e. The highest BCUT2D eigenvalue weighted by molar-refractivity contribution is 7.91. The Morgan fingerprint density at radius 2 is 2.11 bits per heavy atom. The van der Waals surface area contributed by atoms with Crippen molar-refractivity contribution in [2.75, 3.05) is 25.0 Å². The van der Waals surface area contributed by atoms with Crippen LogP contribution in [0.3, 0.4) is 0 Å². The molecule has 0 amide bonds. The van der Waals surface area contributed by atoms with Gasteiger partial charge in [0.25, 0.3) is 0 Å². The maximum Gasteiger partial charge on any atom is 0.223 e. The molecule has 0 aromatic carbocycles. The molecule has 0 bridgehead atoms. The Morgan fingerprint density at radius 3 is 2.86 bits per heavy atom. The smallest absolute Gasteiger partial charge is 0.223 e. The second-order valence-corrected chi connectivity index (χ2v) is 10.4. The number of nitrogens with zero attached hydrogens (tertiary/aromatic N) is 4. The van der Waals surface area contributed by atoms with Crippen molar-refractivity contribution in [2.24, 2.45) is 5.92 Å². The Labute approximate surface area is 166 Å². The van der Waals surface area contributed by atoms with E-state index in [0.717, 1.165) is 36.5 Å². The highest BCUT2D eigenvalue weighted by Crippen LogP contribution is 2.39. The van der Waals surface area contributed by atoms with E-state index in [1.165, 1.54) is 0 Å². The summed E-state index contributed by atoms with van der Waals surface area (Å²) in [6.45, 7) is 7.22. The molecule has 2 atom stereocenters. The zero-order valence-corrected chi connectivity index (χ0v) is 17.2. The minimum atomic E-state index is -3.17. The summed E-state index contributed by atoms with van der Waals surface area (Å²) < 4.78 is 25.6. The van der Waals surface area contributed by atoms with Gasteiger partial charge in [-0.15, -0.1) is 0 Å². The first-order valence-electron chi connectivity index (χ1n) is 9.86. The topological polar surface area (TPSA) is 88.1 Å². The van der Waals surface area contributed by atoms with Gasteiger partial charge < -0.3 is 10.2 Å². The lowest BCUT2D eigenvalue weighted by atomic mass is 10.00.